The highest BCUT2D eigenvalue weighted by Gasteiger charge is 2.30. The third-order valence-corrected chi connectivity index (χ3v) is 3.63. The molecule has 6 nitrogen and oxygen atoms in total. The number of amides is 1. The summed E-state index contributed by atoms with van der Waals surface area (Å²) in [7, 11) is 0. The van der Waals surface area contributed by atoms with Crippen molar-refractivity contribution in [1.82, 2.24) is 10.3 Å². The summed E-state index contributed by atoms with van der Waals surface area (Å²) >= 11 is 0. The Balaban J connectivity index is 1.69. The van der Waals surface area contributed by atoms with Crippen LogP contribution in [-0.2, 0) is 4.79 Å². The number of oxazole rings is 1. The van der Waals surface area contributed by atoms with Crippen molar-refractivity contribution in [1.29, 1.82) is 0 Å². The molecule has 114 valence electrons. The van der Waals surface area contributed by atoms with E-state index in [2.05, 4.69) is 10.3 Å². The van der Waals surface area contributed by atoms with Crippen molar-refractivity contribution in [2.75, 3.05) is 0 Å². The van der Waals surface area contributed by atoms with E-state index in [0.717, 1.165) is 18.4 Å². The molecule has 1 heterocycles. The first-order chi connectivity index (χ1) is 10.6. The van der Waals surface area contributed by atoms with Crippen molar-refractivity contribution < 1.29 is 19.1 Å². The fourth-order valence-electron chi connectivity index (χ4n) is 2.23. The van der Waals surface area contributed by atoms with Crippen LogP contribution in [-0.4, -0.2) is 28.0 Å². The first-order valence-corrected chi connectivity index (χ1v) is 7.18. The summed E-state index contributed by atoms with van der Waals surface area (Å²) in [5.41, 5.74) is 0.843. The van der Waals surface area contributed by atoms with Gasteiger partial charge in [0.05, 0.1) is 0 Å². The second-order valence-electron chi connectivity index (χ2n) is 5.45. The van der Waals surface area contributed by atoms with Crippen LogP contribution in [0.5, 0.6) is 0 Å². The molecular weight excluding hydrogens is 284 g/mol. The zero-order valence-corrected chi connectivity index (χ0v) is 11.9. The summed E-state index contributed by atoms with van der Waals surface area (Å²) in [5, 5.41) is 11.7. The Morgan fingerprint density at radius 3 is 2.68 bits per heavy atom. The molecule has 0 saturated heterocycles. The van der Waals surface area contributed by atoms with E-state index in [-0.39, 0.29) is 5.69 Å². The number of carboxylic acid groups (broad SMARTS) is 1. The number of nitrogens with zero attached hydrogens (tertiary/aromatic N) is 1. The van der Waals surface area contributed by atoms with Gasteiger partial charge in [0.25, 0.3) is 5.91 Å². The van der Waals surface area contributed by atoms with Gasteiger partial charge in [0, 0.05) is 5.56 Å². The number of rotatable bonds is 6. The molecule has 1 amide bonds. The van der Waals surface area contributed by atoms with Crippen LogP contribution >= 0.6 is 0 Å². The number of benzene rings is 1. The standard InChI is InChI=1S/C16H16N2O4/c19-14(17-12(16(20)21)8-10-6-7-10)13-9-22-15(18-13)11-4-2-1-3-5-11/h1-5,9-10,12H,6-8H2,(H,17,19)(H,20,21). The van der Waals surface area contributed by atoms with Crippen LogP contribution in [0.4, 0.5) is 0 Å². The molecule has 1 aromatic heterocycles. The molecule has 0 aliphatic heterocycles. The molecule has 1 aromatic carbocycles. The molecule has 0 spiro atoms. The van der Waals surface area contributed by atoms with E-state index in [1.165, 1.54) is 6.26 Å². The van der Waals surface area contributed by atoms with Crippen LogP contribution in [0.15, 0.2) is 41.0 Å². The van der Waals surface area contributed by atoms with Crippen LogP contribution < -0.4 is 5.32 Å². The van der Waals surface area contributed by atoms with E-state index < -0.39 is 17.9 Å². The van der Waals surface area contributed by atoms with Gasteiger partial charge in [-0.1, -0.05) is 31.0 Å². The largest absolute Gasteiger partial charge is 0.480 e. The third kappa shape index (κ3) is 3.33. The predicted octanol–water partition coefficient (Wildman–Crippen LogP) is 2.32. The van der Waals surface area contributed by atoms with E-state index in [9.17, 15) is 14.7 Å². The average Bonchev–Trinajstić information content (AvgIpc) is 3.20. The van der Waals surface area contributed by atoms with Crippen LogP contribution in [0.1, 0.15) is 29.8 Å². The molecule has 3 rings (SSSR count). The summed E-state index contributed by atoms with van der Waals surface area (Å²) in [4.78, 5) is 27.4. The Bertz CT molecular complexity index is 676. The topological polar surface area (TPSA) is 92.4 Å². The van der Waals surface area contributed by atoms with Crippen LogP contribution in [0.3, 0.4) is 0 Å². The molecule has 22 heavy (non-hydrogen) atoms. The van der Waals surface area contributed by atoms with Crippen molar-refractivity contribution in [3.05, 3.63) is 42.3 Å². The number of carboxylic acids is 1. The number of hydrogen-bond acceptors (Lipinski definition) is 4. The van der Waals surface area contributed by atoms with Gasteiger partial charge in [0.2, 0.25) is 5.89 Å². The van der Waals surface area contributed by atoms with Gasteiger partial charge in [-0.05, 0) is 24.5 Å². The van der Waals surface area contributed by atoms with Crippen molar-refractivity contribution in [3.8, 4) is 11.5 Å². The maximum atomic E-state index is 12.1. The Hall–Kier alpha value is -2.63. The number of carbonyl (C=O) groups excluding carboxylic acids is 1. The fraction of sp³-hybridized carbons (Fsp3) is 0.312. The minimum absolute atomic E-state index is 0.0842. The molecular formula is C16H16N2O4. The van der Waals surface area contributed by atoms with Gasteiger partial charge in [-0.25, -0.2) is 9.78 Å². The molecule has 0 bridgehead atoms. The maximum absolute atomic E-state index is 12.1. The second kappa shape index (κ2) is 6.01. The highest BCUT2D eigenvalue weighted by atomic mass is 16.4. The first-order valence-electron chi connectivity index (χ1n) is 7.18. The Kier molecular flexibility index (Phi) is 3.91. The van der Waals surface area contributed by atoms with Gasteiger partial charge in [-0.2, -0.15) is 0 Å². The summed E-state index contributed by atoms with van der Waals surface area (Å²) in [6.45, 7) is 0. The van der Waals surface area contributed by atoms with Crippen molar-refractivity contribution >= 4 is 11.9 Å². The van der Waals surface area contributed by atoms with Crippen molar-refractivity contribution in [3.63, 3.8) is 0 Å². The van der Waals surface area contributed by atoms with E-state index in [0.29, 0.717) is 18.2 Å². The van der Waals surface area contributed by atoms with Gasteiger partial charge >= 0.3 is 5.97 Å². The molecule has 6 heteroatoms. The molecule has 1 aliphatic carbocycles. The van der Waals surface area contributed by atoms with E-state index in [1.54, 1.807) is 0 Å². The highest BCUT2D eigenvalue weighted by molar-refractivity contribution is 5.95. The Morgan fingerprint density at radius 2 is 2.05 bits per heavy atom. The number of aromatic nitrogens is 1. The van der Waals surface area contributed by atoms with E-state index in [4.69, 9.17) is 4.42 Å². The predicted molar refractivity (Wildman–Crippen MR) is 78.2 cm³/mol. The molecule has 0 radical (unpaired) electrons. The monoisotopic (exact) mass is 300 g/mol. The van der Waals surface area contributed by atoms with Crippen LogP contribution in [0.2, 0.25) is 0 Å². The third-order valence-electron chi connectivity index (χ3n) is 3.63. The average molecular weight is 300 g/mol. The van der Waals surface area contributed by atoms with Gasteiger partial charge in [0.15, 0.2) is 5.69 Å². The number of carbonyl (C=O) groups is 2. The molecule has 2 aromatic rings. The zero-order chi connectivity index (χ0) is 15.5. The van der Waals surface area contributed by atoms with E-state index >= 15 is 0 Å². The van der Waals surface area contributed by atoms with Crippen molar-refractivity contribution in [2.24, 2.45) is 5.92 Å². The van der Waals surface area contributed by atoms with Gasteiger partial charge in [0.1, 0.15) is 12.3 Å². The molecule has 1 aliphatic rings. The zero-order valence-electron chi connectivity index (χ0n) is 11.9. The second-order valence-corrected chi connectivity index (χ2v) is 5.45. The fourth-order valence-corrected chi connectivity index (χ4v) is 2.23. The number of aliphatic carboxylic acids is 1. The Labute approximate surface area is 127 Å². The summed E-state index contributed by atoms with van der Waals surface area (Å²) in [5.74, 6) is -0.815. The van der Waals surface area contributed by atoms with Crippen molar-refractivity contribution in [2.45, 2.75) is 25.3 Å². The van der Waals surface area contributed by atoms with Gasteiger partial charge in [-0.15, -0.1) is 0 Å². The van der Waals surface area contributed by atoms with Gasteiger partial charge < -0.3 is 14.8 Å². The summed E-state index contributed by atoms with van der Waals surface area (Å²) in [6.07, 6.45) is 3.77. The number of hydrogen-bond donors (Lipinski definition) is 2. The molecule has 1 fully saturated rings. The lowest BCUT2D eigenvalue weighted by atomic mass is 10.1. The first kappa shape index (κ1) is 14.3. The SMILES string of the molecule is O=C(NC(CC1CC1)C(=O)O)c1coc(-c2ccccc2)n1. The maximum Gasteiger partial charge on any atom is 0.326 e. The quantitative estimate of drug-likeness (QED) is 0.854. The summed E-state index contributed by atoms with van der Waals surface area (Å²) in [6, 6.07) is 8.32. The Morgan fingerprint density at radius 1 is 1.32 bits per heavy atom. The highest BCUT2D eigenvalue weighted by Crippen LogP contribution is 2.33. The number of nitrogens with one attached hydrogen (secondary N) is 1. The van der Waals surface area contributed by atoms with Gasteiger partial charge in [-0.3, -0.25) is 4.79 Å². The smallest absolute Gasteiger partial charge is 0.326 e. The summed E-state index contributed by atoms with van der Waals surface area (Å²) < 4.78 is 5.29. The van der Waals surface area contributed by atoms with E-state index in [1.807, 2.05) is 30.3 Å². The minimum Gasteiger partial charge on any atom is -0.480 e. The van der Waals surface area contributed by atoms with Crippen LogP contribution in [0.25, 0.3) is 11.5 Å². The lowest BCUT2D eigenvalue weighted by Crippen LogP contribution is -2.41. The minimum atomic E-state index is -1.02. The molecule has 1 atom stereocenters. The molecule has 1 saturated carbocycles. The van der Waals surface area contributed by atoms with Crippen LogP contribution in [0, 0.1) is 5.92 Å². The molecule has 1 unspecified atom stereocenters. The molecule has 2 N–H and O–H groups in total. The lowest BCUT2D eigenvalue weighted by molar-refractivity contribution is -0.139. The normalized spacial score (nSPS) is 15.3. The lowest BCUT2D eigenvalue weighted by Gasteiger charge is -2.12.